The van der Waals surface area contributed by atoms with Gasteiger partial charge >= 0.3 is 0 Å². The van der Waals surface area contributed by atoms with Crippen molar-refractivity contribution < 1.29 is 30.3 Å². The lowest BCUT2D eigenvalue weighted by Crippen LogP contribution is -2.70. The van der Waals surface area contributed by atoms with Gasteiger partial charge in [0.15, 0.2) is 6.29 Å². The van der Waals surface area contributed by atoms with Crippen LogP contribution in [0.25, 0.3) is 0 Å². The number of carbonyl (C=O) groups is 1. The average Bonchev–Trinajstić information content (AvgIpc) is 2.15. The van der Waals surface area contributed by atoms with Crippen molar-refractivity contribution in [3.05, 3.63) is 0 Å². The molecule has 0 aliphatic carbocycles. The molecule has 0 rings (SSSR count). The Kier molecular flexibility index (Phi) is 4.24. The second kappa shape index (κ2) is 4.38. The third kappa shape index (κ3) is 2.26. The van der Waals surface area contributed by atoms with Crippen molar-refractivity contribution in [3.8, 4) is 0 Å². The van der Waals surface area contributed by atoms with Crippen LogP contribution in [-0.2, 0) is 4.79 Å². The summed E-state index contributed by atoms with van der Waals surface area (Å²) in [4.78, 5) is 10.6. The maximum Gasteiger partial charge on any atom is 0.154 e. The number of rotatable bonds is 5. The lowest BCUT2D eigenvalue weighted by atomic mass is 9.70. The molecule has 0 aliphatic rings. The summed E-state index contributed by atoms with van der Waals surface area (Å²) in [6.45, 7) is 4.25. The van der Waals surface area contributed by atoms with Gasteiger partial charge < -0.3 is 30.3 Å². The van der Waals surface area contributed by atoms with Crippen molar-refractivity contribution in [2.24, 2.45) is 0 Å². The Hall–Kier alpha value is -0.530. The van der Waals surface area contributed by atoms with Crippen LogP contribution in [0.1, 0.15) is 27.7 Å². The topological polar surface area (TPSA) is 118 Å². The molecule has 0 amide bonds. The number of hydrogen-bond donors (Lipinski definition) is 5. The van der Waals surface area contributed by atoms with Gasteiger partial charge in [0.05, 0.1) is 6.10 Å². The van der Waals surface area contributed by atoms with Crippen molar-refractivity contribution in [3.63, 3.8) is 0 Å². The van der Waals surface area contributed by atoms with E-state index < -0.39 is 29.0 Å². The molecule has 0 radical (unpaired) electrons. The van der Waals surface area contributed by atoms with Gasteiger partial charge in [-0.1, -0.05) is 0 Å². The minimum Gasteiger partial charge on any atom is -0.391 e. The van der Waals surface area contributed by atoms with Gasteiger partial charge in [-0.3, -0.25) is 0 Å². The molecular formula is C10H20O6. The highest BCUT2D eigenvalue weighted by atomic mass is 16.4. The monoisotopic (exact) mass is 236 g/mol. The van der Waals surface area contributed by atoms with Crippen molar-refractivity contribution >= 4 is 6.29 Å². The molecule has 5 N–H and O–H groups in total. The predicted molar refractivity (Wildman–Crippen MR) is 55.6 cm³/mol. The molecule has 0 aromatic rings. The summed E-state index contributed by atoms with van der Waals surface area (Å²) in [7, 11) is 0. The first-order chi connectivity index (χ1) is 6.91. The fraction of sp³-hybridized carbons (Fsp3) is 0.900. The van der Waals surface area contributed by atoms with Gasteiger partial charge in [-0.25, -0.2) is 0 Å². The van der Waals surface area contributed by atoms with Crippen LogP contribution in [0.5, 0.6) is 0 Å². The summed E-state index contributed by atoms with van der Waals surface area (Å²) in [5.41, 5.74) is -6.84. The molecule has 96 valence electrons. The summed E-state index contributed by atoms with van der Waals surface area (Å²) < 4.78 is 0. The van der Waals surface area contributed by atoms with Gasteiger partial charge in [0.25, 0.3) is 0 Å². The summed E-state index contributed by atoms with van der Waals surface area (Å²) in [5, 5.41) is 48.3. The number of aliphatic hydroxyl groups is 5. The van der Waals surface area contributed by atoms with E-state index in [4.69, 9.17) is 5.11 Å². The van der Waals surface area contributed by atoms with Gasteiger partial charge in [0.2, 0.25) is 0 Å². The molecule has 0 fully saturated rings. The summed E-state index contributed by atoms with van der Waals surface area (Å²) in [5.74, 6) is 0. The van der Waals surface area contributed by atoms with Crippen LogP contribution in [0.2, 0.25) is 0 Å². The van der Waals surface area contributed by atoms with Crippen LogP contribution in [0, 0.1) is 0 Å². The van der Waals surface area contributed by atoms with Crippen LogP contribution >= 0.6 is 0 Å². The highest BCUT2D eigenvalue weighted by Gasteiger charge is 2.58. The number of aliphatic hydroxyl groups excluding tert-OH is 2. The van der Waals surface area contributed by atoms with Crippen molar-refractivity contribution in [2.45, 2.75) is 56.7 Å². The fourth-order valence-corrected chi connectivity index (χ4v) is 1.38. The number of hydrogen-bond acceptors (Lipinski definition) is 6. The summed E-state index contributed by atoms with van der Waals surface area (Å²) in [6.07, 6.45) is -2.98. The molecule has 0 aromatic carbocycles. The van der Waals surface area contributed by atoms with Gasteiger partial charge in [-0.15, -0.1) is 0 Å². The van der Waals surface area contributed by atoms with Crippen LogP contribution < -0.4 is 0 Å². The molecule has 5 atom stereocenters. The van der Waals surface area contributed by atoms with Crippen LogP contribution in [0.3, 0.4) is 0 Å². The zero-order chi connectivity index (χ0) is 13.4. The minimum absolute atomic E-state index is 0.0657. The van der Waals surface area contributed by atoms with E-state index in [-0.39, 0.29) is 6.29 Å². The minimum atomic E-state index is -2.32. The molecule has 0 bridgehead atoms. The van der Waals surface area contributed by atoms with E-state index >= 15 is 0 Å². The second-order valence-electron chi connectivity index (χ2n) is 4.67. The second-order valence-corrected chi connectivity index (χ2v) is 4.67. The molecular weight excluding hydrogens is 216 g/mol. The average molecular weight is 236 g/mol. The molecule has 0 saturated carbocycles. The first kappa shape index (κ1) is 15.5. The van der Waals surface area contributed by atoms with Gasteiger partial charge in [0.1, 0.15) is 22.9 Å². The van der Waals surface area contributed by atoms with Crippen molar-refractivity contribution in [2.75, 3.05) is 0 Å². The number of aldehydes is 1. The highest BCUT2D eigenvalue weighted by molar-refractivity contribution is 5.64. The molecule has 0 saturated heterocycles. The van der Waals surface area contributed by atoms with Crippen LogP contribution in [0.15, 0.2) is 0 Å². The first-order valence-corrected chi connectivity index (χ1v) is 4.91. The van der Waals surface area contributed by atoms with Gasteiger partial charge in [-0.2, -0.15) is 0 Å². The maximum atomic E-state index is 10.6. The maximum absolute atomic E-state index is 10.6. The zero-order valence-corrected chi connectivity index (χ0v) is 9.88. The largest absolute Gasteiger partial charge is 0.391 e. The van der Waals surface area contributed by atoms with Gasteiger partial charge in [0, 0.05) is 0 Å². The van der Waals surface area contributed by atoms with E-state index in [1.54, 1.807) is 0 Å². The lowest BCUT2D eigenvalue weighted by molar-refractivity contribution is -0.255. The Bertz CT molecular complexity index is 256. The number of carbonyl (C=O) groups excluding carboxylic acids is 1. The molecule has 0 heterocycles. The summed E-state index contributed by atoms with van der Waals surface area (Å²) >= 11 is 0. The zero-order valence-electron chi connectivity index (χ0n) is 9.88. The molecule has 6 heteroatoms. The Balaban J connectivity index is 5.36. The van der Waals surface area contributed by atoms with E-state index in [2.05, 4.69) is 0 Å². The van der Waals surface area contributed by atoms with E-state index in [0.29, 0.717) is 0 Å². The first-order valence-electron chi connectivity index (χ1n) is 4.91. The Morgan fingerprint density at radius 2 is 1.44 bits per heavy atom. The van der Waals surface area contributed by atoms with Gasteiger partial charge in [-0.05, 0) is 27.7 Å². The third-order valence-electron chi connectivity index (χ3n) is 3.23. The summed E-state index contributed by atoms with van der Waals surface area (Å²) in [6, 6.07) is 0. The Morgan fingerprint density at radius 1 is 1.06 bits per heavy atom. The predicted octanol–water partition coefficient (Wildman–Crippen LogP) is -1.82. The Morgan fingerprint density at radius 3 is 1.69 bits per heavy atom. The molecule has 6 nitrogen and oxygen atoms in total. The molecule has 0 aromatic heterocycles. The van der Waals surface area contributed by atoms with Crippen molar-refractivity contribution in [1.29, 1.82) is 0 Å². The molecule has 0 spiro atoms. The molecule has 0 aliphatic heterocycles. The standard InChI is InChI=1S/C10H20O6/c1-6(12)7(13)9(3,15)10(4,16)8(2,14)5-11/h5-7,12-16H,1-4H3/t6?,7-,8-,9-,10-/m1/s1. The van der Waals surface area contributed by atoms with E-state index in [0.717, 1.165) is 20.8 Å². The van der Waals surface area contributed by atoms with E-state index in [1.807, 2.05) is 0 Å². The van der Waals surface area contributed by atoms with E-state index in [9.17, 15) is 25.2 Å². The van der Waals surface area contributed by atoms with Crippen LogP contribution in [0.4, 0.5) is 0 Å². The fourth-order valence-electron chi connectivity index (χ4n) is 1.38. The van der Waals surface area contributed by atoms with Crippen LogP contribution in [-0.4, -0.2) is 60.8 Å². The molecule has 1 unspecified atom stereocenters. The van der Waals surface area contributed by atoms with E-state index in [1.165, 1.54) is 6.92 Å². The smallest absolute Gasteiger partial charge is 0.154 e. The highest BCUT2D eigenvalue weighted by Crippen LogP contribution is 2.35. The Labute approximate surface area is 94.2 Å². The quantitative estimate of drug-likeness (QED) is 0.359. The molecule has 16 heavy (non-hydrogen) atoms. The van der Waals surface area contributed by atoms with Crippen molar-refractivity contribution in [1.82, 2.24) is 0 Å². The SMILES string of the molecule is CC(O)[C@@H](O)[C@@](C)(O)[C@](C)(O)[C@](C)(O)C=O. The lowest BCUT2D eigenvalue weighted by Gasteiger charge is -2.47. The third-order valence-corrected chi connectivity index (χ3v) is 3.23. The normalized spacial score (nSPS) is 27.1.